The van der Waals surface area contributed by atoms with E-state index in [2.05, 4.69) is 25.5 Å². The van der Waals surface area contributed by atoms with Gasteiger partial charge in [-0.3, -0.25) is 5.10 Å². The number of benzene rings is 1. The molecule has 0 bridgehead atoms. The predicted molar refractivity (Wildman–Crippen MR) is 78.1 cm³/mol. The number of aromatic nitrogens is 3. The van der Waals surface area contributed by atoms with Gasteiger partial charge in [0.05, 0.1) is 17.6 Å². The number of nitrogens with one attached hydrogen (secondary N) is 2. The van der Waals surface area contributed by atoms with E-state index in [1.54, 1.807) is 12.4 Å². The molecule has 2 aromatic heterocycles. The molecule has 0 saturated carbocycles. The molecule has 0 spiro atoms. The zero-order valence-electron chi connectivity index (χ0n) is 10.5. The summed E-state index contributed by atoms with van der Waals surface area (Å²) < 4.78 is 0. The van der Waals surface area contributed by atoms with Gasteiger partial charge in [0.15, 0.2) is 5.82 Å². The first-order valence-electron chi connectivity index (χ1n) is 6.32. The van der Waals surface area contributed by atoms with Gasteiger partial charge >= 0.3 is 0 Å². The van der Waals surface area contributed by atoms with Crippen LogP contribution in [-0.4, -0.2) is 21.0 Å². The topological polar surface area (TPSA) is 66.0 Å². The van der Waals surface area contributed by atoms with Crippen molar-refractivity contribution >= 4 is 17.3 Å². The van der Waals surface area contributed by atoms with Gasteiger partial charge in [-0.05, 0) is 12.1 Å². The zero-order chi connectivity index (χ0) is 13.4. The highest BCUT2D eigenvalue weighted by molar-refractivity contribution is 6.12. The second-order valence-electron chi connectivity index (χ2n) is 4.48. The average Bonchev–Trinajstić information content (AvgIpc) is 2.90. The summed E-state index contributed by atoms with van der Waals surface area (Å²) in [5.74, 6) is 1.45. The molecule has 0 atom stereocenters. The van der Waals surface area contributed by atoms with Crippen molar-refractivity contribution in [3.63, 3.8) is 0 Å². The number of rotatable bonds is 1. The second kappa shape index (κ2) is 4.31. The van der Waals surface area contributed by atoms with Gasteiger partial charge in [-0.25, -0.2) is 9.98 Å². The van der Waals surface area contributed by atoms with Crippen LogP contribution >= 0.6 is 0 Å². The van der Waals surface area contributed by atoms with Crippen molar-refractivity contribution < 1.29 is 0 Å². The largest absolute Gasteiger partial charge is 0.337 e. The van der Waals surface area contributed by atoms with E-state index in [4.69, 9.17) is 0 Å². The van der Waals surface area contributed by atoms with Gasteiger partial charge in [-0.1, -0.05) is 30.3 Å². The van der Waals surface area contributed by atoms with Crippen LogP contribution in [0.3, 0.4) is 0 Å². The number of pyridine rings is 1. The Kier molecular flexibility index (Phi) is 2.35. The molecule has 5 nitrogen and oxygen atoms in total. The Morgan fingerprint density at radius 1 is 0.950 bits per heavy atom. The van der Waals surface area contributed by atoms with E-state index >= 15 is 0 Å². The monoisotopic (exact) mass is 261 g/mol. The van der Waals surface area contributed by atoms with Crippen molar-refractivity contribution in [1.29, 1.82) is 0 Å². The second-order valence-corrected chi connectivity index (χ2v) is 4.48. The summed E-state index contributed by atoms with van der Waals surface area (Å²) in [6.07, 6.45) is 3.50. The van der Waals surface area contributed by atoms with E-state index in [9.17, 15) is 0 Å². The quantitative estimate of drug-likeness (QED) is 0.707. The lowest BCUT2D eigenvalue weighted by Gasteiger charge is -2.06. The van der Waals surface area contributed by atoms with Crippen LogP contribution in [0.2, 0.25) is 0 Å². The van der Waals surface area contributed by atoms with E-state index in [0.717, 1.165) is 28.3 Å². The minimum absolute atomic E-state index is 0.682. The third-order valence-corrected chi connectivity index (χ3v) is 3.21. The van der Waals surface area contributed by atoms with Crippen molar-refractivity contribution in [1.82, 2.24) is 15.2 Å². The maximum Gasteiger partial charge on any atom is 0.163 e. The molecule has 2 N–H and O–H groups in total. The first-order valence-corrected chi connectivity index (χ1v) is 6.32. The molecule has 3 heterocycles. The number of amidine groups is 1. The Labute approximate surface area is 115 Å². The van der Waals surface area contributed by atoms with Gasteiger partial charge in [-0.15, -0.1) is 0 Å². The van der Waals surface area contributed by atoms with Crippen LogP contribution in [0.4, 0.5) is 11.5 Å². The molecule has 1 aliphatic rings. The van der Waals surface area contributed by atoms with Crippen molar-refractivity contribution in [2.24, 2.45) is 4.99 Å². The number of nitrogens with zero attached hydrogens (tertiary/aromatic N) is 3. The molecule has 0 aliphatic carbocycles. The molecule has 96 valence electrons. The number of anilines is 1. The lowest BCUT2D eigenvalue weighted by Crippen LogP contribution is -2.12. The summed E-state index contributed by atoms with van der Waals surface area (Å²) in [6.45, 7) is 0. The Morgan fingerprint density at radius 3 is 2.75 bits per heavy atom. The zero-order valence-corrected chi connectivity index (χ0v) is 10.5. The van der Waals surface area contributed by atoms with E-state index in [-0.39, 0.29) is 0 Å². The smallest absolute Gasteiger partial charge is 0.163 e. The SMILES string of the molecule is c1ccc(C2=Nc3ncccc3-c3[nH]ncc3N2)cc1. The molecule has 20 heavy (non-hydrogen) atoms. The van der Waals surface area contributed by atoms with Gasteiger partial charge in [0.2, 0.25) is 0 Å². The van der Waals surface area contributed by atoms with Crippen LogP contribution in [0.25, 0.3) is 11.3 Å². The molecule has 0 amide bonds. The first-order chi connectivity index (χ1) is 9.92. The maximum atomic E-state index is 4.64. The Morgan fingerprint density at radius 2 is 1.85 bits per heavy atom. The van der Waals surface area contributed by atoms with Gasteiger partial charge in [0.25, 0.3) is 0 Å². The summed E-state index contributed by atoms with van der Waals surface area (Å²) >= 11 is 0. The molecule has 1 aromatic carbocycles. The number of fused-ring (bicyclic) bond motifs is 3. The fraction of sp³-hybridized carbons (Fsp3) is 0. The van der Waals surface area contributed by atoms with Crippen LogP contribution in [0.5, 0.6) is 0 Å². The van der Waals surface area contributed by atoms with Crippen LogP contribution in [0, 0.1) is 0 Å². The Balaban J connectivity index is 1.95. The van der Waals surface area contributed by atoms with Gasteiger partial charge in [-0.2, -0.15) is 5.10 Å². The standard InChI is InChI=1S/C15H11N5/c1-2-5-10(6-3-1)14-18-12-9-17-20-13(12)11-7-4-8-16-15(11)19-14/h1-9H,(H,17,20)(H,16,18,19). The van der Waals surface area contributed by atoms with Crippen molar-refractivity contribution in [2.75, 3.05) is 5.32 Å². The molecule has 0 saturated heterocycles. The van der Waals surface area contributed by atoms with Crippen molar-refractivity contribution in [3.05, 3.63) is 60.4 Å². The van der Waals surface area contributed by atoms with Gasteiger partial charge in [0, 0.05) is 17.3 Å². The van der Waals surface area contributed by atoms with Crippen molar-refractivity contribution in [2.45, 2.75) is 0 Å². The van der Waals surface area contributed by atoms with E-state index in [1.165, 1.54) is 0 Å². The predicted octanol–water partition coefficient (Wildman–Crippen LogP) is 2.98. The molecule has 5 heteroatoms. The lowest BCUT2D eigenvalue weighted by atomic mass is 10.2. The molecule has 0 unspecified atom stereocenters. The fourth-order valence-electron chi connectivity index (χ4n) is 2.26. The van der Waals surface area contributed by atoms with E-state index in [0.29, 0.717) is 5.82 Å². The number of hydrogen-bond donors (Lipinski definition) is 2. The van der Waals surface area contributed by atoms with Gasteiger partial charge in [0.1, 0.15) is 5.84 Å². The molecule has 3 aromatic rings. The lowest BCUT2D eigenvalue weighted by molar-refractivity contribution is 1.09. The molecule has 0 radical (unpaired) electrons. The van der Waals surface area contributed by atoms with Crippen LogP contribution in [-0.2, 0) is 0 Å². The molecule has 4 rings (SSSR count). The maximum absolute atomic E-state index is 4.64. The molecule has 0 fully saturated rings. The molecule has 1 aliphatic heterocycles. The minimum atomic E-state index is 0.682. The number of hydrogen-bond acceptors (Lipinski definition) is 4. The van der Waals surface area contributed by atoms with Crippen LogP contribution in [0.15, 0.2) is 59.9 Å². The highest BCUT2D eigenvalue weighted by atomic mass is 15.2. The molecular formula is C15H11N5. The van der Waals surface area contributed by atoms with E-state index in [1.807, 2.05) is 42.5 Å². The summed E-state index contributed by atoms with van der Waals surface area (Å²) in [7, 11) is 0. The highest BCUT2D eigenvalue weighted by Gasteiger charge is 2.18. The number of aromatic amines is 1. The van der Waals surface area contributed by atoms with E-state index < -0.39 is 0 Å². The summed E-state index contributed by atoms with van der Waals surface area (Å²) in [5.41, 5.74) is 3.76. The number of H-pyrrole nitrogens is 1. The third-order valence-electron chi connectivity index (χ3n) is 3.21. The first kappa shape index (κ1) is 10.9. The summed E-state index contributed by atoms with van der Waals surface area (Å²) in [6, 6.07) is 13.9. The number of aliphatic imine (C=N–C) groups is 1. The van der Waals surface area contributed by atoms with Crippen LogP contribution < -0.4 is 5.32 Å². The fourth-order valence-corrected chi connectivity index (χ4v) is 2.26. The normalized spacial score (nSPS) is 12.7. The third kappa shape index (κ3) is 1.68. The van der Waals surface area contributed by atoms with Gasteiger partial charge < -0.3 is 5.32 Å². The minimum Gasteiger partial charge on any atom is -0.337 e. The highest BCUT2D eigenvalue weighted by Crippen LogP contribution is 2.34. The summed E-state index contributed by atoms with van der Waals surface area (Å²) in [4.78, 5) is 9.00. The van der Waals surface area contributed by atoms with Crippen molar-refractivity contribution in [3.8, 4) is 11.3 Å². The Hall–Kier alpha value is -2.95. The molecular weight excluding hydrogens is 250 g/mol. The summed E-state index contributed by atoms with van der Waals surface area (Å²) in [5, 5.41) is 10.4. The average molecular weight is 261 g/mol. The van der Waals surface area contributed by atoms with Crippen LogP contribution in [0.1, 0.15) is 5.56 Å². The Bertz CT molecular complexity index is 789.